The smallest absolute Gasteiger partial charge is 0.228 e. The van der Waals surface area contributed by atoms with E-state index >= 15 is 0 Å². The number of aromatic nitrogens is 1. The maximum absolute atomic E-state index is 12.7. The maximum atomic E-state index is 12.7. The van der Waals surface area contributed by atoms with Crippen LogP contribution in [0.15, 0.2) is 5.38 Å². The summed E-state index contributed by atoms with van der Waals surface area (Å²) in [7, 11) is 0. The number of hydrogen-bond donors (Lipinski definition) is 0. The van der Waals surface area contributed by atoms with Crippen molar-refractivity contribution in [2.24, 2.45) is 5.92 Å². The summed E-state index contributed by atoms with van der Waals surface area (Å²) in [5.74, 6) is 0.231. The molecule has 4 rings (SSSR count). The van der Waals surface area contributed by atoms with Gasteiger partial charge in [0.25, 0.3) is 0 Å². The quantitative estimate of drug-likeness (QED) is 0.818. The Labute approximate surface area is 146 Å². The molecule has 0 N–H and O–H groups in total. The van der Waals surface area contributed by atoms with E-state index in [1.54, 1.807) is 11.3 Å². The first kappa shape index (κ1) is 16.0. The minimum Gasteiger partial charge on any atom is -0.340 e. The summed E-state index contributed by atoms with van der Waals surface area (Å²) in [4.78, 5) is 35.5. The van der Waals surface area contributed by atoms with Gasteiger partial charge in [0.05, 0.1) is 16.6 Å². The van der Waals surface area contributed by atoms with Crippen molar-refractivity contribution in [1.29, 1.82) is 0 Å². The van der Waals surface area contributed by atoms with Crippen LogP contribution in [0.25, 0.3) is 0 Å². The van der Waals surface area contributed by atoms with Gasteiger partial charge in [-0.3, -0.25) is 14.5 Å². The van der Waals surface area contributed by atoms with E-state index in [2.05, 4.69) is 15.3 Å². The van der Waals surface area contributed by atoms with Gasteiger partial charge in [0.15, 0.2) is 0 Å². The van der Waals surface area contributed by atoms with Crippen LogP contribution in [-0.2, 0) is 16.1 Å². The Morgan fingerprint density at radius 3 is 2.67 bits per heavy atom. The lowest BCUT2D eigenvalue weighted by molar-refractivity contribution is -0.137. The van der Waals surface area contributed by atoms with Gasteiger partial charge in [-0.2, -0.15) is 0 Å². The highest BCUT2D eigenvalue weighted by Gasteiger charge is 2.43. The lowest BCUT2D eigenvalue weighted by Gasteiger charge is -2.35. The van der Waals surface area contributed by atoms with Crippen LogP contribution in [0.1, 0.15) is 30.0 Å². The SMILES string of the molecule is Cc1nc(CN2CCN(C(=O)[C@H]3CC(=O)N(C4CC4)C3)CC2)cs1. The molecular formula is C17H24N4O2S. The van der Waals surface area contributed by atoms with E-state index in [1.807, 2.05) is 16.7 Å². The standard InChI is InChI=1S/C17H24N4O2S/c1-12-18-14(11-24-12)10-19-4-6-20(7-5-19)17(23)13-8-16(22)21(9-13)15-2-3-15/h11,13,15H,2-10H2,1H3/t13-/m0/s1. The summed E-state index contributed by atoms with van der Waals surface area (Å²) in [6, 6.07) is 0.425. The molecule has 1 aromatic rings. The molecule has 1 saturated carbocycles. The summed E-state index contributed by atoms with van der Waals surface area (Å²) >= 11 is 1.68. The Hall–Kier alpha value is -1.47. The van der Waals surface area contributed by atoms with E-state index in [9.17, 15) is 9.59 Å². The van der Waals surface area contributed by atoms with Gasteiger partial charge in [0, 0.05) is 57.1 Å². The van der Waals surface area contributed by atoms with Gasteiger partial charge < -0.3 is 9.80 Å². The predicted molar refractivity (Wildman–Crippen MR) is 91.6 cm³/mol. The van der Waals surface area contributed by atoms with Gasteiger partial charge in [-0.15, -0.1) is 11.3 Å². The van der Waals surface area contributed by atoms with Crippen molar-refractivity contribution in [1.82, 2.24) is 19.7 Å². The minimum absolute atomic E-state index is 0.120. The molecule has 0 spiro atoms. The highest BCUT2D eigenvalue weighted by atomic mass is 32.1. The number of likely N-dealkylation sites (tertiary alicyclic amines) is 1. The molecule has 0 radical (unpaired) electrons. The molecule has 3 aliphatic rings. The van der Waals surface area contributed by atoms with Crippen molar-refractivity contribution >= 4 is 23.2 Å². The van der Waals surface area contributed by atoms with Crippen molar-refractivity contribution in [3.8, 4) is 0 Å². The molecule has 3 fully saturated rings. The lowest BCUT2D eigenvalue weighted by Crippen LogP contribution is -2.50. The number of piperazine rings is 1. The topological polar surface area (TPSA) is 56.8 Å². The second-order valence-electron chi connectivity index (χ2n) is 7.14. The van der Waals surface area contributed by atoms with Crippen LogP contribution in [0, 0.1) is 12.8 Å². The third-order valence-corrected chi connectivity index (χ3v) is 6.05. The van der Waals surface area contributed by atoms with Crippen LogP contribution in [0.2, 0.25) is 0 Å². The second kappa shape index (κ2) is 6.44. The fraction of sp³-hybridized carbons (Fsp3) is 0.706. The first-order valence-electron chi connectivity index (χ1n) is 8.82. The maximum Gasteiger partial charge on any atom is 0.228 e. The van der Waals surface area contributed by atoms with Crippen molar-refractivity contribution in [2.45, 2.75) is 38.8 Å². The number of hydrogen-bond acceptors (Lipinski definition) is 5. The number of aryl methyl sites for hydroxylation is 1. The molecule has 130 valence electrons. The molecule has 0 bridgehead atoms. The number of rotatable bonds is 4. The zero-order valence-electron chi connectivity index (χ0n) is 14.1. The van der Waals surface area contributed by atoms with Crippen molar-refractivity contribution in [3.05, 3.63) is 16.1 Å². The molecule has 0 aromatic carbocycles. The Morgan fingerprint density at radius 1 is 1.29 bits per heavy atom. The number of nitrogens with zero attached hydrogens (tertiary/aromatic N) is 4. The average molecular weight is 348 g/mol. The van der Waals surface area contributed by atoms with Crippen LogP contribution in [-0.4, -0.2) is 70.3 Å². The van der Waals surface area contributed by atoms with E-state index in [1.165, 1.54) is 0 Å². The Balaban J connectivity index is 1.27. The molecule has 2 saturated heterocycles. The van der Waals surface area contributed by atoms with Gasteiger partial charge in [-0.25, -0.2) is 4.98 Å². The molecule has 7 heteroatoms. The van der Waals surface area contributed by atoms with Gasteiger partial charge in [-0.05, 0) is 19.8 Å². The summed E-state index contributed by atoms with van der Waals surface area (Å²) in [6.07, 6.45) is 2.64. The number of amides is 2. The third-order valence-electron chi connectivity index (χ3n) is 5.23. The summed E-state index contributed by atoms with van der Waals surface area (Å²) in [5.41, 5.74) is 1.12. The Kier molecular flexibility index (Phi) is 4.30. The zero-order chi connectivity index (χ0) is 16.7. The van der Waals surface area contributed by atoms with Gasteiger partial charge in [0.1, 0.15) is 0 Å². The number of thiazole rings is 1. The molecule has 0 unspecified atom stereocenters. The fourth-order valence-corrected chi connectivity index (χ4v) is 4.33. The van der Waals surface area contributed by atoms with Gasteiger partial charge in [0.2, 0.25) is 11.8 Å². The monoisotopic (exact) mass is 348 g/mol. The van der Waals surface area contributed by atoms with Crippen LogP contribution in [0.4, 0.5) is 0 Å². The van der Waals surface area contributed by atoms with Crippen molar-refractivity contribution < 1.29 is 9.59 Å². The van der Waals surface area contributed by atoms with Crippen LogP contribution in [0.3, 0.4) is 0 Å². The second-order valence-corrected chi connectivity index (χ2v) is 8.20. The van der Waals surface area contributed by atoms with Crippen LogP contribution >= 0.6 is 11.3 Å². The first-order valence-corrected chi connectivity index (χ1v) is 9.70. The summed E-state index contributed by atoms with van der Waals surface area (Å²) < 4.78 is 0. The van der Waals surface area contributed by atoms with Crippen LogP contribution < -0.4 is 0 Å². The molecule has 1 atom stereocenters. The highest BCUT2D eigenvalue weighted by Crippen LogP contribution is 2.33. The molecule has 1 aromatic heterocycles. The van der Waals surface area contributed by atoms with E-state index in [4.69, 9.17) is 0 Å². The Morgan fingerprint density at radius 2 is 2.04 bits per heavy atom. The molecule has 1 aliphatic carbocycles. The Bertz CT molecular complexity index is 634. The van der Waals surface area contributed by atoms with Crippen LogP contribution in [0.5, 0.6) is 0 Å². The largest absolute Gasteiger partial charge is 0.340 e. The number of carbonyl (C=O) groups excluding carboxylic acids is 2. The van der Waals surface area contributed by atoms with Crippen molar-refractivity contribution in [3.63, 3.8) is 0 Å². The first-order chi connectivity index (χ1) is 11.6. The molecule has 24 heavy (non-hydrogen) atoms. The van der Waals surface area contributed by atoms with E-state index < -0.39 is 0 Å². The van der Waals surface area contributed by atoms with E-state index in [0.717, 1.165) is 56.3 Å². The van der Waals surface area contributed by atoms with Gasteiger partial charge in [-0.1, -0.05) is 0 Å². The highest BCUT2D eigenvalue weighted by molar-refractivity contribution is 7.09. The zero-order valence-corrected chi connectivity index (χ0v) is 14.9. The van der Waals surface area contributed by atoms with Gasteiger partial charge >= 0.3 is 0 Å². The molecule has 3 heterocycles. The van der Waals surface area contributed by atoms with E-state index in [0.29, 0.717) is 19.0 Å². The molecule has 6 nitrogen and oxygen atoms in total. The fourth-order valence-electron chi connectivity index (χ4n) is 3.73. The lowest BCUT2D eigenvalue weighted by atomic mass is 10.1. The minimum atomic E-state index is -0.120. The third kappa shape index (κ3) is 3.32. The molecule has 2 aliphatic heterocycles. The average Bonchev–Trinajstić information content (AvgIpc) is 3.23. The van der Waals surface area contributed by atoms with E-state index in [-0.39, 0.29) is 17.7 Å². The normalized spacial score (nSPS) is 25.5. The number of carbonyl (C=O) groups is 2. The summed E-state index contributed by atoms with van der Waals surface area (Å²) in [5, 5.41) is 3.22. The molecular weight excluding hydrogens is 324 g/mol. The van der Waals surface area contributed by atoms with Crippen molar-refractivity contribution in [2.75, 3.05) is 32.7 Å². The summed E-state index contributed by atoms with van der Waals surface area (Å²) in [6.45, 7) is 6.82. The predicted octanol–water partition coefficient (Wildman–Crippen LogP) is 1.11. The molecule has 2 amide bonds.